The number of benzene rings is 2. The summed E-state index contributed by atoms with van der Waals surface area (Å²) in [5.41, 5.74) is 3.61. The highest BCUT2D eigenvalue weighted by atomic mass is 35.5. The van der Waals surface area contributed by atoms with Gasteiger partial charge in [0.15, 0.2) is 11.5 Å². The highest BCUT2D eigenvalue weighted by molar-refractivity contribution is 6.32. The predicted octanol–water partition coefficient (Wildman–Crippen LogP) is 4.47. The molecular weight excluding hydrogens is 380 g/mol. The molecule has 7 heteroatoms. The molecule has 148 valence electrons. The normalized spacial score (nSPS) is 10.5. The lowest BCUT2D eigenvalue weighted by molar-refractivity contribution is 0.0954. The summed E-state index contributed by atoms with van der Waals surface area (Å²) >= 11 is 6.14. The first-order chi connectivity index (χ1) is 13.6. The number of hydrogen-bond acceptors (Lipinski definition) is 5. The highest BCUT2D eigenvalue weighted by Gasteiger charge is 2.11. The van der Waals surface area contributed by atoms with Crippen LogP contribution in [0.5, 0.6) is 17.2 Å². The first-order valence-corrected chi connectivity index (χ1v) is 9.23. The summed E-state index contributed by atoms with van der Waals surface area (Å²) in [5.74, 6) is 1.27. The lowest BCUT2D eigenvalue weighted by Gasteiger charge is -2.12. The van der Waals surface area contributed by atoms with E-state index in [-0.39, 0.29) is 5.91 Å². The smallest absolute Gasteiger partial charge is 0.271 e. The van der Waals surface area contributed by atoms with Crippen LogP contribution in [0.1, 0.15) is 29.8 Å². The average Bonchev–Trinajstić information content (AvgIpc) is 2.69. The molecule has 0 fully saturated rings. The van der Waals surface area contributed by atoms with E-state index in [0.29, 0.717) is 47.7 Å². The first kappa shape index (κ1) is 21.3. The number of hydrogen-bond donors (Lipinski definition) is 1. The molecule has 2 aromatic rings. The van der Waals surface area contributed by atoms with E-state index in [1.807, 2.05) is 13.8 Å². The Morgan fingerprint density at radius 1 is 1.07 bits per heavy atom. The van der Waals surface area contributed by atoms with Gasteiger partial charge in [-0.2, -0.15) is 5.10 Å². The molecule has 0 aromatic heterocycles. The van der Waals surface area contributed by atoms with Gasteiger partial charge in [-0.1, -0.05) is 24.3 Å². The summed E-state index contributed by atoms with van der Waals surface area (Å²) in [4.78, 5) is 12.3. The van der Waals surface area contributed by atoms with E-state index in [1.54, 1.807) is 42.5 Å². The fraction of sp³-hybridized carbons (Fsp3) is 0.238. The molecule has 6 nitrogen and oxygen atoms in total. The van der Waals surface area contributed by atoms with Gasteiger partial charge in [0.2, 0.25) is 0 Å². The minimum absolute atomic E-state index is 0.348. The van der Waals surface area contributed by atoms with Crippen LogP contribution in [0, 0.1) is 0 Å². The van der Waals surface area contributed by atoms with Crippen LogP contribution in [-0.2, 0) is 0 Å². The van der Waals surface area contributed by atoms with E-state index in [0.717, 1.165) is 5.56 Å². The Kier molecular flexibility index (Phi) is 8.37. The van der Waals surface area contributed by atoms with E-state index >= 15 is 0 Å². The zero-order chi connectivity index (χ0) is 20.4. The van der Waals surface area contributed by atoms with Crippen molar-refractivity contribution in [1.29, 1.82) is 0 Å². The number of carbonyl (C=O) groups excluding carboxylic acids is 1. The lowest BCUT2D eigenvalue weighted by Crippen LogP contribution is -2.17. The second kappa shape index (κ2) is 11.0. The summed E-state index contributed by atoms with van der Waals surface area (Å²) in [6, 6.07) is 10.2. The maximum Gasteiger partial charge on any atom is 0.271 e. The molecule has 0 aliphatic carbocycles. The van der Waals surface area contributed by atoms with Crippen LogP contribution in [0.2, 0.25) is 5.02 Å². The summed E-state index contributed by atoms with van der Waals surface area (Å²) in [6.07, 6.45) is 3.14. The van der Waals surface area contributed by atoms with E-state index in [2.05, 4.69) is 17.1 Å². The number of hydrazone groups is 1. The lowest BCUT2D eigenvalue weighted by atomic mass is 10.2. The Bertz CT molecular complexity index is 852. The Labute approximate surface area is 169 Å². The van der Waals surface area contributed by atoms with Crippen LogP contribution in [-0.4, -0.2) is 31.9 Å². The summed E-state index contributed by atoms with van der Waals surface area (Å²) in [6.45, 7) is 8.69. The standard InChI is InChI=1S/C21H23ClN2O4/c1-4-11-28-19-10-8-16(13-20(19)27-6-3)21(25)24-23-14-15-7-9-18(26-5-2)17(22)12-15/h4,7-10,12-14H,1,5-6,11H2,2-3H3,(H,24,25)/b23-14+. The Hall–Kier alpha value is -2.99. The van der Waals surface area contributed by atoms with Crippen molar-refractivity contribution in [1.82, 2.24) is 5.43 Å². The molecule has 0 spiro atoms. The molecule has 0 saturated heterocycles. The molecule has 0 saturated carbocycles. The third-order valence-electron chi connectivity index (χ3n) is 3.50. The first-order valence-electron chi connectivity index (χ1n) is 8.85. The second-order valence-corrected chi connectivity index (χ2v) is 5.92. The molecule has 2 aromatic carbocycles. The fourth-order valence-corrected chi connectivity index (χ4v) is 2.53. The highest BCUT2D eigenvalue weighted by Crippen LogP contribution is 2.28. The van der Waals surface area contributed by atoms with Crippen LogP contribution in [0.15, 0.2) is 54.2 Å². The van der Waals surface area contributed by atoms with Gasteiger partial charge in [0.1, 0.15) is 12.4 Å². The second-order valence-electron chi connectivity index (χ2n) is 5.52. The number of ether oxygens (including phenoxy) is 3. The van der Waals surface area contributed by atoms with Gasteiger partial charge in [-0.25, -0.2) is 5.43 Å². The van der Waals surface area contributed by atoms with Gasteiger partial charge >= 0.3 is 0 Å². The van der Waals surface area contributed by atoms with E-state index in [4.69, 9.17) is 25.8 Å². The molecule has 0 radical (unpaired) electrons. The van der Waals surface area contributed by atoms with Crippen molar-refractivity contribution in [3.63, 3.8) is 0 Å². The topological polar surface area (TPSA) is 69.2 Å². The van der Waals surface area contributed by atoms with Crippen molar-refractivity contribution in [2.75, 3.05) is 19.8 Å². The number of rotatable bonds is 10. The molecule has 0 unspecified atom stereocenters. The molecule has 28 heavy (non-hydrogen) atoms. The zero-order valence-corrected chi connectivity index (χ0v) is 16.7. The molecule has 2 rings (SSSR count). The maximum absolute atomic E-state index is 12.3. The third kappa shape index (κ3) is 6.03. The Morgan fingerprint density at radius 2 is 1.79 bits per heavy atom. The van der Waals surface area contributed by atoms with Crippen molar-refractivity contribution in [2.24, 2.45) is 5.10 Å². The van der Waals surface area contributed by atoms with Gasteiger partial charge in [-0.05, 0) is 55.8 Å². The minimum Gasteiger partial charge on any atom is -0.492 e. The maximum atomic E-state index is 12.3. The largest absolute Gasteiger partial charge is 0.492 e. The van der Waals surface area contributed by atoms with Gasteiger partial charge in [0, 0.05) is 5.56 Å². The quantitative estimate of drug-likeness (QED) is 0.361. The van der Waals surface area contributed by atoms with Gasteiger partial charge < -0.3 is 14.2 Å². The number of amides is 1. The Morgan fingerprint density at radius 3 is 2.46 bits per heavy atom. The summed E-state index contributed by atoms with van der Waals surface area (Å²) < 4.78 is 16.4. The molecule has 1 N–H and O–H groups in total. The molecule has 0 bridgehead atoms. The predicted molar refractivity (Wildman–Crippen MR) is 111 cm³/mol. The molecule has 0 aliphatic heterocycles. The minimum atomic E-state index is -0.371. The SMILES string of the molecule is C=CCOc1ccc(C(=O)N/N=C/c2ccc(OCC)c(Cl)c2)cc1OCC. The van der Waals surface area contributed by atoms with E-state index < -0.39 is 0 Å². The number of nitrogens with zero attached hydrogens (tertiary/aromatic N) is 1. The van der Waals surface area contributed by atoms with Gasteiger partial charge in [0.05, 0.1) is 24.5 Å². The van der Waals surface area contributed by atoms with E-state index in [1.165, 1.54) is 6.21 Å². The summed E-state index contributed by atoms with van der Waals surface area (Å²) in [7, 11) is 0. The number of carbonyl (C=O) groups is 1. The van der Waals surface area contributed by atoms with Crippen LogP contribution >= 0.6 is 11.6 Å². The monoisotopic (exact) mass is 402 g/mol. The summed E-state index contributed by atoms with van der Waals surface area (Å²) in [5, 5.41) is 4.45. The number of halogens is 1. The fourth-order valence-electron chi connectivity index (χ4n) is 2.29. The molecule has 0 heterocycles. The van der Waals surface area contributed by atoms with Crippen molar-refractivity contribution in [3.05, 3.63) is 65.2 Å². The number of nitrogens with one attached hydrogen (secondary N) is 1. The van der Waals surface area contributed by atoms with Crippen molar-refractivity contribution in [3.8, 4) is 17.2 Å². The van der Waals surface area contributed by atoms with Gasteiger partial charge in [0.25, 0.3) is 5.91 Å². The molecule has 0 aliphatic rings. The zero-order valence-electron chi connectivity index (χ0n) is 15.9. The van der Waals surface area contributed by atoms with Gasteiger partial charge in [-0.3, -0.25) is 4.79 Å². The average molecular weight is 403 g/mol. The Balaban J connectivity index is 2.05. The van der Waals surface area contributed by atoms with Crippen LogP contribution in [0.4, 0.5) is 0 Å². The van der Waals surface area contributed by atoms with Crippen molar-refractivity contribution in [2.45, 2.75) is 13.8 Å². The van der Waals surface area contributed by atoms with Crippen molar-refractivity contribution >= 4 is 23.7 Å². The third-order valence-corrected chi connectivity index (χ3v) is 3.79. The van der Waals surface area contributed by atoms with Crippen molar-refractivity contribution < 1.29 is 19.0 Å². The molecule has 1 amide bonds. The van der Waals surface area contributed by atoms with E-state index in [9.17, 15) is 4.79 Å². The molecular formula is C21H23ClN2O4. The molecule has 0 atom stereocenters. The van der Waals surface area contributed by atoms with Gasteiger partial charge in [-0.15, -0.1) is 0 Å². The van der Waals surface area contributed by atoms with Crippen LogP contribution in [0.25, 0.3) is 0 Å². The van der Waals surface area contributed by atoms with Crippen LogP contribution < -0.4 is 19.6 Å². The van der Waals surface area contributed by atoms with Crippen LogP contribution in [0.3, 0.4) is 0 Å².